The van der Waals surface area contributed by atoms with Crippen molar-refractivity contribution in [3.63, 3.8) is 0 Å². The minimum Gasteiger partial charge on any atom is -0.316 e. The average molecular weight is 155 g/mol. The monoisotopic (exact) mass is 155 g/mol. The Labute approximate surface area is 70.9 Å². The lowest BCUT2D eigenvalue weighted by molar-refractivity contribution is 0.620. The van der Waals surface area contributed by atoms with Gasteiger partial charge in [0, 0.05) is 0 Å². The predicted molar refractivity (Wildman–Crippen MR) is 51.8 cm³/mol. The van der Waals surface area contributed by atoms with Gasteiger partial charge in [0.25, 0.3) is 0 Å². The molecule has 0 aliphatic heterocycles. The first-order valence-electron chi connectivity index (χ1n) is 4.73. The molecule has 0 spiro atoms. The lowest BCUT2D eigenvalue weighted by Gasteiger charge is -2.00. The third-order valence-corrected chi connectivity index (χ3v) is 1.68. The molecule has 0 rings (SSSR count). The van der Waals surface area contributed by atoms with Crippen LogP contribution in [0.5, 0.6) is 0 Å². The molecule has 1 N–H and O–H groups in total. The van der Waals surface area contributed by atoms with Crippen LogP contribution in [0.25, 0.3) is 0 Å². The van der Waals surface area contributed by atoms with E-state index >= 15 is 0 Å². The van der Waals surface area contributed by atoms with Gasteiger partial charge in [0.15, 0.2) is 0 Å². The van der Waals surface area contributed by atoms with Gasteiger partial charge < -0.3 is 5.32 Å². The first-order chi connectivity index (χ1) is 5.41. The number of allylic oxidation sites excluding steroid dienone is 1. The Morgan fingerprint density at radius 2 is 2.00 bits per heavy atom. The van der Waals surface area contributed by atoms with Gasteiger partial charge in [-0.1, -0.05) is 31.9 Å². The van der Waals surface area contributed by atoms with E-state index in [9.17, 15) is 0 Å². The van der Waals surface area contributed by atoms with Gasteiger partial charge >= 0.3 is 0 Å². The SMILES string of the molecule is C/C=C\CCNCCCCC. The summed E-state index contributed by atoms with van der Waals surface area (Å²) in [7, 11) is 0. The molecule has 0 saturated heterocycles. The second kappa shape index (κ2) is 9.70. The van der Waals surface area contributed by atoms with Crippen molar-refractivity contribution >= 4 is 0 Å². The molecular formula is C10H21N. The van der Waals surface area contributed by atoms with E-state index in [0.29, 0.717) is 0 Å². The first kappa shape index (κ1) is 10.7. The van der Waals surface area contributed by atoms with Crippen LogP contribution in [0.2, 0.25) is 0 Å². The van der Waals surface area contributed by atoms with Crippen LogP contribution in [-0.4, -0.2) is 13.1 Å². The standard InChI is InChI=1S/C10H21N/c1-3-5-7-9-11-10-8-6-4-2/h3,5,11H,4,6-10H2,1-2H3/b5-3-. The fraction of sp³-hybridized carbons (Fsp3) is 0.800. The van der Waals surface area contributed by atoms with Gasteiger partial charge in [0.1, 0.15) is 0 Å². The van der Waals surface area contributed by atoms with Gasteiger partial charge in [-0.3, -0.25) is 0 Å². The summed E-state index contributed by atoms with van der Waals surface area (Å²) in [5.41, 5.74) is 0. The van der Waals surface area contributed by atoms with E-state index in [1.54, 1.807) is 0 Å². The highest BCUT2D eigenvalue weighted by Gasteiger charge is 1.84. The molecule has 11 heavy (non-hydrogen) atoms. The molecule has 0 saturated carbocycles. The lowest BCUT2D eigenvalue weighted by Crippen LogP contribution is -2.15. The first-order valence-corrected chi connectivity index (χ1v) is 4.73. The third kappa shape index (κ3) is 9.70. The second-order valence-corrected chi connectivity index (χ2v) is 2.81. The minimum atomic E-state index is 1.13. The largest absolute Gasteiger partial charge is 0.316 e. The van der Waals surface area contributed by atoms with Crippen LogP contribution in [0.3, 0.4) is 0 Å². The molecule has 0 aromatic rings. The Hall–Kier alpha value is -0.300. The molecular weight excluding hydrogens is 134 g/mol. The highest BCUT2D eigenvalue weighted by molar-refractivity contribution is 4.77. The molecule has 0 atom stereocenters. The van der Waals surface area contributed by atoms with E-state index in [1.165, 1.54) is 32.2 Å². The van der Waals surface area contributed by atoms with Crippen molar-refractivity contribution < 1.29 is 0 Å². The summed E-state index contributed by atoms with van der Waals surface area (Å²) in [5, 5.41) is 3.40. The summed E-state index contributed by atoms with van der Waals surface area (Å²) < 4.78 is 0. The fourth-order valence-electron chi connectivity index (χ4n) is 0.977. The van der Waals surface area contributed by atoms with Crippen LogP contribution >= 0.6 is 0 Å². The Morgan fingerprint density at radius 3 is 2.64 bits per heavy atom. The molecule has 0 aliphatic carbocycles. The van der Waals surface area contributed by atoms with Crippen molar-refractivity contribution in [3.8, 4) is 0 Å². The Kier molecular flexibility index (Phi) is 9.44. The summed E-state index contributed by atoms with van der Waals surface area (Å²) in [5.74, 6) is 0. The summed E-state index contributed by atoms with van der Waals surface area (Å²) in [6.45, 7) is 6.62. The number of nitrogens with one attached hydrogen (secondary N) is 1. The van der Waals surface area contributed by atoms with Crippen LogP contribution in [0.4, 0.5) is 0 Å². The lowest BCUT2D eigenvalue weighted by atomic mass is 10.2. The molecule has 0 amide bonds. The number of hydrogen-bond acceptors (Lipinski definition) is 1. The summed E-state index contributed by atoms with van der Waals surface area (Å²) in [4.78, 5) is 0. The molecule has 0 aromatic carbocycles. The topological polar surface area (TPSA) is 12.0 Å². The molecule has 0 unspecified atom stereocenters. The maximum absolute atomic E-state index is 3.40. The molecule has 0 radical (unpaired) electrons. The zero-order valence-electron chi connectivity index (χ0n) is 7.90. The van der Waals surface area contributed by atoms with E-state index in [0.717, 1.165) is 6.54 Å². The number of unbranched alkanes of at least 4 members (excludes halogenated alkanes) is 2. The van der Waals surface area contributed by atoms with Crippen LogP contribution in [0.1, 0.15) is 39.5 Å². The third-order valence-electron chi connectivity index (χ3n) is 1.68. The van der Waals surface area contributed by atoms with Crippen molar-refractivity contribution in [2.75, 3.05) is 13.1 Å². The highest BCUT2D eigenvalue weighted by Crippen LogP contribution is 1.90. The number of hydrogen-bond donors (Lipinski definition) is 1. The maximum Gasteiger partial charge on any atom is -0.00143 e. The molecule has 66 valence electrons. The van der Waals surface area contributed by atoms with Gasteiger partial charge in [-0.05, 0) is 32.9 Å². The van der Waals surface area contributed by atoms with Crippen molar-refractivity contribution in [1.29, 1.82) is 0 Å². The fourth-order valence-corrected chi connectivity index (χ4v) is 0.977. The van der Waals surface area contributed by atoms with Gasteiger partial charge in [0.2, 0.25) is 0 Å². The quantitative estimate of drug-likeness (QED) is 0.440. The Morgan fingerprint density at radius 1 is 1.18 bits per heavy atom. The van der Waals surface area contributed by atoms with Gasteiger partial charge in [0.05, 0.1) is 0 Å². The minimum absolute atomic E-state index is 1.13. The summed E-state index contributed by atoms with van der Waals surface area (Å²) in [6.07, 6.45) is 9.47. The normalized spacial score (nSPS) is 11.1. The van der Waals surface area contributed by atoms with Gasteiger partial charge in [-0.2, -0.15) is 0 Å². The van der Waals surface area contributed by atoms with E-state index in [-0.39, 0.29) is 0 Å². The summed E-state index contributed by atoms with van der Waals surface area (Å²) >= 11 is 0. The van der Waals surface area contributed by atoms with Gasteiger partial charge in [-0.25, -0.2) is 0 Å². The van der Waals surface area contributed by atoms with E-state index in [1.807, 2.05) is 0 Å². The van der Waals surface area contributed by atoms with Crippen LogP contribution < -0.4 is 5.32 Å². The molecule has 0 fully saturated rings. The second-order valence-electron chi connectivity index (χ2n) is 2.81. The van der Waals surface area contributed by atoms with Gasteiger partial charge in [-0.15, -0.1) is 0 Å². The van der Waals surface area contributed by atoms with Crippen molar-refractivity contribution in [2.24, 2.45) is 0 Å². The Bertz CT molecular complexity index is 86.9. The van der Waals surface area contributed by atoms with Crippen molar-refractivity contribution in [3.05, 3.63) is 12.2 Å². The maximum atomic E-state index is 3.40. The van der Waals surface area contributed by atoms with Crippen molar-refractivity contribution in [2.45, 2.75) is 39.5 Å². The summed E-state index contributed by atoms with van der Waals surface area (Å²) in [6, 6.07) is 0. The zero-order chi connectivity index (χ0) is 8.36. The highest BCUT2D eigenvalue weighted by atomic mass is 14.8. The molecule has 1 heteroatoms. The molecule has 1 nitrogen and oxygen atoms in total. The molecule has 0 aliphatic rings. The molecule has 0 bridgehead atoms. The van der Waals surface area contributed by atoms with Crippen LogP contribution in [0, 0.1) is 0 Å². The predicted octanol–water partition coefficient (Wildman–Crippen LogP) is 2.73. The molecule has 0 aromatic heterocycles. The number of rotatable bonds is 7. The van der Waals surface area contributed by atoms with E-state index in [2.05, 4.69) is 31.3 Å². The molecule has 0 heterocycles. The van der Waals surface area contributed by atoms with Crippen molar-refractivity contribution in [1.82, 2.24) is 5.32 Å². The zero-order valence-corrected chi connectivity index (χ0v) is 7.90. The Balaban J connectivity index is 2.79. The average Bonchev–Trinajstić information content (AvgIpc) is 2.03. The van der Waals surface area contributed by atoms with E-state index in [4.69, 9.17) is 0 Å². The smallest absolute Gasteiger partial charge is 0.00143 e. The van der Waals surface area contributed by atoms with Crippen LogP contribution in [0.15, 0.2) is 12.2 Å². The van der Waals surface area contributed by atoms with E-state index < -0.39 is 0 Å². The van der Waals surface area contributed by atoms with Crippen LogP contribution in [-0.2, 0) is 0 Å².